The van der Waals surface area contributed by atoms with Crippen LogP contribution in [0.1, 0.15) is 0 Å². The monoisotopic (exact) mass is 739 g/mol. The summed E-state index contributed by atoms with van der Waals surface area (Å²) in [6, 6.07) is 80.7. The fourth-order valence-corrected chi connectivity index (χ4v) is 8.70. The Labute approximate surface area is 337 Å². The molecular formula is C56H37NO. The lowest BCUT2D eigenvalue weighted by Gasteiger charge is -2.29. The molecule has 0 amide bonds. The van der Waals surface area contributed by atoms with Crippen molar-refractivity contribution >= 4 is 60.5 Å². The predicted octanol–water partition coefficient (Wildman–Crippen LogP) is 16.0. The molecule has 0 N–H and O–H groups in total. The van der Waals surface area contributed by atoms with Crippen molar-refractivity contribution in [2.24, 2.45) is 0 Å². The number of furan rings is 1. The van der Waals surface area contributed by atoms with Crippen molar-refractivity contribution in [3.63, 3.8) is 0 Å². The molecule has 0 aliphatic rings. The van der Waals surface area contributed by atoms with Crippen LogP contribution in [0.5, 0.6) is 0 Å². The van der Waals surface area contributed by atoms with Crippen LogP contribution in [-0.4, -0.2) is 0 Å². The summed E-state index contributed by atoms with van der Waals surface area (Å²) in [5, 5.41) is 7.00. The minimum Gasteiger partial charge on any atom is -0.455 e. The van der Waals surface area contributed by atoms with Crippen molar-refractivity contribution in [1.82, 2.24) is 0 Å². The molecule has 0 atom stereocenters. The van der Waals surface area contributed by atoms with E-state index in [2.05, 4.69) is 229 Å². The molecule has 1 heterocycles. The Balaban J connectivity index is 1.16. The number of benzene rings is 10. The highest BCUT2D eigenvalue weighted by molar-refractivity contribution is 6.19. The number of hydrogen-bond donors (Lipinski definition) is 0. The highest BCUT2D eigenvalue weighted by Crippen LogP contribution is 2.47. The van der Waals surface area contributed by atoms with E-state index in [0.717, 1.165) is 66.6 Å². The molecule has 0 fully saturated rings. The normalized spacial score (nSPS) is 11.4. The zero-order chi connectivity index (χ0) is 38.4. The maximum absolute atomic E-state index is 6.70. The van der Waals surface area contributed by atoms with E-state index in [-0.39, 0.29) is 0 Å². The first-order chi connectivity index (χ1) is 28.8. The Morgan fingerprint density at radius 3 is 1.62 bits per heavy atom. The molecule has 0 bridgehead atoms. The Morgan fingerprint density at radius 2 is 0.879 bits per heavy atom. The van der Waals surface area contributed by atoms with Crippen molar-refractivity contribution in [1.29, 1.82) is 0 Å². The summed E-state index contributed by atoms with van der Waals surface area (Å²) < 4.78 is 6.70. The second kappa shape index (κ2) is 14.1. The fourth-order valence-electron chi connectivity index (χ4n) is 8.70. The summed E-state index contributed by atoms with van der Waals surface area (Å²) in [5.74, 6) is 0. The van der Waals surface area contributed by atoms with Crippen LogP contribution in [0.4, 0.5) is 17.1 Å². The Bertz CT molecular complexity index is 3210. The van der Waals surface area contributed by atoms with Gasteiger partial charge in [0.1, 0.15) is 11.2 Å². The molecule has 11 rings (SSSR count). The van der Waals surface area contributed by atoms with Gasteiger partial charge in [-0.25, -0.2) is 0 Å². The van der Waals surface area contributed by atoms with Crippen molar-refractivity contribution in [2.75, 3.05) is 4.90 Å². The van der Waals surface area contributed by atoms with E-state index in [1.807, 2.05) is 0 Å². The Kier molecular flexibility index (Phi) is 8.19. The third kappa shape index (κ3) is 5.82. The molecule has 272 valence electrons. The number of anilines is 3. The van der Waals surface area contributed by atoms with Gasteiger partial charge in [-0.05, 0) is 104 Å². The number of para-hydroxylation sites is 1. The summed E-state index contributed by atoms with van der Waals surface area (Å²) in [4.78, 5) is 2.43. The first-order valence-electron chi connectivity index (χ1n) is 19.8. The molecule has 2 nitrogen and oxygen atoms in total. The fraction of sp³-hybridized carbons (Fsp3) is 0. The summed E-state index contributed by atoms with van der Waals surface area (Å²) in [6.07, 6.45) is 0. The largest absolute Gasteiger partial charge is 0.455 e. The van der Waals surface area contributed by atoms with Gasteiger partial charge in [-0.15, -0.1) is 0 Å². The second-order valence-electron chi connectivity index (χ2n) is 14.9. The van der Waals surface area contributed by atoms with Crippen molar-refractivity contribution < 1.29 is 4.42 Å². The minimum absolute atomic E-state index is 0.877. The van der Waals surface area contributed by atoms with Gasteiger partial charge in [0, 0.05) is 33.1 Å². The smallest absolute Gasteiger partial charge is 0.143 e. The van der Waals surface area contributed by atoms with E-state index in [9.17, 15) is 0 Å². The molecule has 0 aliphatic carbocycles. The van der Waals surface area contributed by atoms with Gasteiger partial charge in [-0.1, -0.05) is 176 Å². The zero-order valence-corrected chi connectivity index (χ0v) is 31.7. The van der Waals surface area contributed by atoms with Crippen molar-refractivity contribution in [3.8, 4) is 44.5 Å². The molecular weight excluding hydrogens is 703 g/mol. The molecule has 11 aromatic rings. The molecule has 10 aromatic carbocycles. The lowest BCUT2D eigenvalue weighted by molar-refractivity contribution is 0.673. The van der Waals surface area contributed by atoms with E-state index in [4.69, 9.17) is 4.42 Å². The van der Waals surface area contributed by atoms with Crippen LogP contribution in [0.2, 0.25) is 0 Å². The molecule has 0 spiro atoms. The van der Waals surface area contributed by atoms with Crippen molar-refractivity contribution in [3.05, 3.63) is 224 Å². The number of hydrogen-bond acceptors (Lipinski definition) is 2. The molecule has 0 saturated heterocycles. The Hall–Kier alpha value is -7.68. The summed E-state index contributed by atoms with van der Waals surface area (Å²) in [7, 11) is 0. The van der Waals surface area contributed by atoms with Gasteiger partial charge in [0.05, 0.1) is 5.69 Å². The van der Waals surface area contributed by atoms with Gasteiger partial charge in [0.25, 0.3) is 0 Å². The van der Waals surface area contributed by atoms with Gasteiger partial charge in [0.2, 0.25) is 0 Å². The first-order valence-corrected chi connectivity index (χ1v) is 19.8. The average molecular weight is 740 g/mol. The average Bonchev–Trinajstić information content (AvgIpc) is 3.70. The van der Waals surface area contributed by atoms with Gasteiger partial charge < -0.3 is 9.32 Å². The van der Waals surface area contributed by atoms with Crippen LogP contribution in [0.3, 0.4) is 0 Å². The molecule has 0 unspecified atom stereocenters. The van der Waals surface area contributed by atoms with E-state index in [1.54, 1.807) is 0 Å². The van der Waals surface area contributed by atoms with Crippen LogP contribution in [0.25, 0.3) is 88.0 Å². The van der Waals surface area contributed by atoms with Gasteiger partial charge in [-0.3, -0.25) is 0 Å². The third-order valence-electron chi connectivity index (χ3n) is 11.4. The minimum atomic E-state index is 0.877. The van der Waals surface area contributed by atoms with Crippen LogP contribution in [0.15, 0.2) is 229 Å². The lowest BCUT2D eigenvalue weighted by atomic mass is 9.94. The van der Waals surface area contributed by atoms with Crippen molar-refractivity contribution in [2.45, 2.75) is 0 Å². The number of rotatable bonds is 7. The van der Waals surface area contributed by atoms with Crippen LogP contribution in [0, 0.1) is 0 Å². The molecule has 0 aliphatic heterocycles. The number of nitrogens with zero attached hydrogens (tertiary/aromatic N) is 1. The standard InChI is InChI=1S/C56H37NO/c1-3-15-38(16-4-1)43-35-44(39-17-5-2-6-18-39)37-46(36-43)57(45-32-29-42(30-33-45)48-25-13-21-40-19-7-9-22-47(40)48)53-27-12-11-24-50(53)51-26-14-28-54-55(51)52-34-31-41-20-8-10-23-49(41)56(52)58-54/h1-37H. The molecule has 1 aromatic heterocycles. The van der Waals surface area contributed by atoms with E-state index >= 15 is 0 Å². The lowest BCUT2D eigenvalue weighted by Crippen LogP contribution is -2.11. The van der Waals surface area contributed by atoms with Crippen LogP contribution in [-0.2, 0) is 0 Å². The van der Waals surface area contributed by atoms with Gasteiger partial charge in [-0.2, -0.15) is 0 Å². The quantitative estimate of drug-likeness (QED) is 0.162. The summed E-state index contributed by atoms with van der Waals surface area (Å²) in [6.45, 7) is 0. The second-order valence-corrected chi connectivity index (χ2v) is 14.9. The predicted molar refractivity (Wildman–Crippen MR) is 245 cm³/mol. The molecule has 58 heavy (non-hydrogen) atoms. The summed E-state index contributed by atoms with van der Waals surface area (Å²) >= 11 is 0. The maximum atomic E-state index is 6.70. The van der Waals surface area contributed by atoms with E-state index in [1.165, 1.54) is 38.4 Å². The first kappa shape index (κ1) is 33.6. The molecule has 0 radical (unpaired) electrons. The SMILES string of the molecule is c1ccc(-c2cc(-c3ccccc3)cc(N(c3ccc(-c4cccc5ccccc45)cc3)c3ccccc3-c3cccc4oc5c6ccccc6ccc5c34)c2)cc1. The van der Waals surface area contributed by atoms with E-state index < -0.39 is 0 Å². The maximum Gasteiger partial charge on any atom is 0.143 e. The third-order valence-corrected chi connectivity index (χ3v) is 11.4. The zero-order valence-electron chi connectivity index (χ0n) is 31.7. The molecule has 2 heteroatoms. The summed E-state index contributed by atoms with van der Waals surface area (Å²) in [5.41, 5.74) is 14.3. The number of fused-ring (bicyclic) bond motifs is 6. The topological polar surface area (TPSA) is 16.4 Å². The van der Waals surface area contributed by atoms with E-state index in [0.29, 0.717) is 0 Å². The highest BCUT2D eigenvalue weighted by Gasteiger charge is 2.22. The Morgan fingerprint density at radius 1 is 0.310 bits per heavy atom. The van der Waals surface area contributed by atoms with Gasteiger partial charge in [0.15, 0.2) is 0 Å². The highest BCUT2D eigenvalue weighted by atomic mass is 16.3. The van der Waals surface area contributed by atoms with Gasteiger partial charge >= 0.3 is 0 Å². The van der Waals surface area contributed by atoms with Crippen LogP contribution >= 0.6 is 0 Å². The molecule has 0 saturated carbocycles. The van der Waals surface area contributed by atoms with Crippen LogP contribution < -0.4 is 4.90 Å².